The Morgan fingerprint density at radius 2 is 0.538 bits per heavy atom. The molecule has 0 amide bonds. The molecule has 3 aromatic heterocycles. The fraction of sp³-hybridized carbons (Fsp3) is 0. The Hall–Kier alpha value is -10.4. The molecule has 15 aromatic rings. The van der Waals surface area contributed by atoms with Gasteiger partial charge in [-0.1, -0.05) is 231 Å². The smallest absolute Gasteiger partial charge is 0.138 e. The maximum absolute atomic E-state index is 5.60. The Morgan fingerprint density at radius 1 is 0.205 bits per heavy atom. The number of hydrogen-bond acceptors (Lipinski definition) is 1. The van der Waals surface area contributed by atoms with Gasteiger partial charge < -0.3 is 4.57 Å². The van der Waals surface area contributed by atoms with E-state index in [9.17, 15) is 0 Å². The molecule has 0 aliphatic heterocycles. The van der Waals surface area contributed by atoms with Gasteiger partial charge in [0.15, 0.2) is 0 Å². The van der Waals surface area contributed by atoms with Crippen molar-refractivity contribution in [2.45, 2.75) is 0 Å². The Labute approximate surface area is 452 Å². The molecule has 0 fully saturated rings. The predicted octanol–water partition coefficient (Wildman–Crippen LogP) is 20.1. The van der Waals surface area contributed by atoms with Crippen molar-refractivity contribution >= 4 is 54.4 Å². The molecule has 3 heterocycles. The van der Waals surface area contributed by atoms with E-state index in [4.69, 9.17) is 4.98 Å². The molecule has 0 aliphatic carbocycles. The molecule has 15 rings (SSSR count). The number of benzene rings is 12. The summed E-state index contributed by atoms with van der Waals surface area (Å²) >= 11 is 0. The van der Waals surface area contributed by atoms with E-state index < -0.39 is 0 Å². The lowest BCUT2D eigenvalue weighted by Crippen LogP contribution is -2.00. The summed E-state index contributed by atoms with van der Waals surface area (Å²) in [5.41, 5.74) is 21.7. The summed E-state index contributed by atoms with van der Waals surface area (Å²) in [5.74, 6) is 0.860. The zero-order chi connectivity index (χ0) is 51.5. The molecule has 0 saturated carbocycles. The molecule has 3 heteroatoms. The number of fused-ring (bicyclic) bond motifs is 7. The standard InChI is InChI=1S/C75H49N3/c1-5-16-50(17-6-1)54-28-30-56(31-29-54)63-48-69(58-34-32-55(33-35-58)51-18-7-2-8-19-51)76-75(49-63)78-73-42-37-60(53-22-11-4-12-23-53)45-67(73)68-47-62(39-43-74(68)78)61-38-41-72-66(46-61)65-44-59(52-20-9-3-10-21-52)36-40-71(65)77(72)70-27-15-25-57-24-13-14-26-64(57)70/h1-49H. The van der Waals surface area contributed by atoms with Gasteiger partial charge >= 0.3 is 0 Å². The van der Waals surface area contributed by atoms with E-state index in [1.54, 1.807) is 0 Å². The highest BCUT2D eigenvalue weighted by atomic mass is 15.1. The van der Waals surface area contributed by atoms with E-state index in [0.717, 1.165) is 55.7 Å². The number of nitrogens with zero attached hydrogens (tertiary/aromatic N) is 3. The maximum atomic E-state index is 5.60. The maximum Gasteiger partial charge on any atom is 0.138 e. The molecule has 364 valence electrons. The fourth-order valence-corrected chi connectivity index (χ4v) is 11.8. The first kappa shape index (κ1) is 45.1. The third-order valence-electron chi connectivity index (χ3n) is 15.7. The summed E-state index contributed by atoms with van der Waals surface area (Å²) in [6.45, 7) is 0. The first-order chi connectivity index (χ1) is 38.6. The van der Waals surface area contributed by atoms with Crippen LogP contribution in [0.25, 0.3) is 144 Å². The van der Waals surface area contributed by atoms with Gasteiger partial charge in [0.25, 0.3) is 0 Å². The number of aromatic nitrogens is 3. The molecule has 3 nitrogen and oxygen atoms in total. The molecule has 0 aliphatic rings. The van der Waals surface area contributed by atoms with E-state index in [0.29, 0.717) is 0 Å². The van der Waals surface area contributed by atoms with Gasteiger partial charge in [-0.05, 0) is 139 Å². The van der Waals surface area contributed by atoms with Crippen molar-refractivity contribution in [3.05, 3.63) is 297 Å². The minimum atomic E-state index is 0.860. The lowest BCUT2D eigenvalue weighted by molar-refractivity contribution is 1.08. The highest BCUT2D eigenvalue weighted by Crippen LogP contribution is 2.42. The van der Waals surface area contributed by atoms with Gasteiger partial charge in [0.2, 0.25) is 0 Å². The largest absolute Gasteiger partial charge is 0.309 e. The second-order valence-corrected chi connectivity index (χ2v) is 20.3. The van der Waals surface area contributed by atoms with Gasteiger partial charge in [0.1, 0.15) is 5.82 Å². The van der Waals surface area contributed by atoms with Crippen LogP contribution in [-0.2, 0) is 0 Å². The molecule has 0 atom stereocenters. The van der Waals surface area contributed by atoms with E-state index in [2.05, 4.69) is 306 Å². The van der Waals surface area contributed by atoms with Crippen molar-refractivity contribution in [1.29, 1.82) is 0 Å². The normalized spacial score (nSPS) is 11.6. The lowest BCUT2D eigenvalue weighted by atomic mass is 9.98. The molecular formula is C75H49N3. The highest BCUT2D eigenvalue weighted by Gasteiger charge is 2.20. The molecule has 0 spiro atoms. The van der Waals surface area contributed by atoms with Crippen molar-refractivity contribution in [2.24, 2.45) is 0 Å². The Bertz CT molecular complexity index is 4620. The van der Waals surface area contributed by atoms with Crippen LogP contribution in [0.15, 0.2) is 297 Å². The van der Waals surface area contributed by atoms with Crippen LogP contribution >= 0.6 is 0 Å². The topological polar surface area (TPSA) is 22.8 Å². The summed E-state index contributed by atoms with van der Waals surface area (Å²) < 4.78 is 4.83. The van der Waals surface area contributed by atoms with Crippen LogP contribution in [-0.4, -0.2) is 14.1 Å². The molecule has 0 radical (unpaired) electrons. The van der Waals surface area contributed by atoms with Gasteiger partial charge in [0, 0.05) is 32.5 Å². The van der Waals surface area contributed by atoms with Crippen molar-refractivity contribution < 1.29 is 0 Å². The van der Waals surface area contributed by atoms with E-state index in [1.165, 1.54) is 88.2 Å². The van der Waals surface area contributed by atoms with Gasteiger partial charge in [0.05, 0.1) is 33.4 Å². The van der Waals surface area contributed by atoms with Gasteiger partial charge in [-0.25, -0.2) is 4.98 Å². The minimum absolute atomic E-state index is 0.860. The summed E-state index contributed by atoms with van der Waals surface area (Å²) in [6.07, 6.45) is 0. The minimum Gasteiger partial charge on any atom is -0.309 e. The fourth-order valence-electron chi connectivity index (χ4n) is 11.8. The molecule has 0 bridgehead atoms. The summed E-state index contributed by atoms with van der Waals surface area (Å²) in [4.78, 5) is 5.60. The van der Waals surface area contributed by atoms with Crippen molar-refractivity contribution in [1.82, 2.24) is 14.1 Å². The molecular weight excluding hydrogens is 943 g/mol. The lowest BCUT2D eigenvalue weighted by Gasteiger charge is -2.14. The average molecular weight is 992 g/mol. The van der Waals surface area contributed by atoms with Crippen LogP contribution in [0.2, 0.25) is 0 Å². The molecule has 78 heavy (non-hydrogen) atoms. The Kier molecular flexibility index (Phi) is 10.9. The molecule has 0 N–H and O–H groups in total. The summed E-state index contributed by atoms with van der Waals surface area (Å²) in [5, 5.41) is 7.21. The predicted molar refractivity (Wildman–Crippen MR) is 328 cm³/mol. The number of hydrogen-bond donors (Lipinski definition) is 0. The van der Waals surface area contributed by atoms with Crippen LogP contribution in [0.4, 0.5) is 0 Å². The SMILES string of the molecule is c1ccc(-c2ccc(-c3cc(-c4ccc(-c5ccccc5)cc4)nc(-n4c5ccc(-c6ccccc6)cc5c5cc(-c6ccc7c(c6)c6cc(-c8ccccc8)ccc6n7-c6cccc7ccccc67)ccc54)c3)cc2)cc1. The first-order valence-electron chi connectivity index (χ1n) is 26.8. The van der Waals surface area contributed by atoms with Crippen LogP contribution in [0.3, 0.4) is 0 Å². The molecule has 0 unspecified atom stereocenters. The van der Waals surface area contributed by atoms with Gasteiger partial charge in [-0.2, -0.15) is 0 Å². The quantitative estimate of drug-likeness (QED) is 0.141. The van der Waals surface area contributed by atoms with Crippen molar-refractivity contribution in [3.8, 4) is 89.5 Å². The van der Waals surface area contributed by atoms with Crippen molar-refractivity contribution in [3.63, 3.8) is 0 Å². The third kappa shape index (κ3) is 7.88. The van der Waals surface area contributed by atoms with E-state index >= 15 is 0 Å². The molecule has 12 aromatic carbocycles. The number of rotatable bonds is 9. The van der Waals surface area contributed by atoms with Crippen LogP contribution in [0.5, 0.6) is 0 Å². The van der Waals surface area contributed by atoms with Crippen molar-refractivity contribution in [2.75, 3.05) is 0 Å². The second-order valence-electron chi connectivity index (χ2n) is 20.3. The zero-order valence-electron chi connectivity index (χ0n) is 42.6. The van der Waals surface area contributed by atoms with Gasteiger partial charge in [-0.15, -0.1) is 0 Å². The van der Waals surface area contributed by atoms with E-state index in [-0.39, 0.29) is 0 Å². The second kappa shape index (κ2) is 18.8. The van der Waals surface area contributed by atoms with Crippen LogP contribution in [0.1, 0.15) is 0 Å². The average Bonchev–Trinajstić information content (AvgIpc) is 4.25. The number of pyridine rings is 1. The zero-order valence-corrected chi connectivity index (χ0v) is 42.6. The summed E-state index contributed by atoms with van der Waals surface area (Å²) in [7, 11) is 0. The highest BCUT2D eigenvalue weighted by molar-refractivity contribution is 6.14. The van der Waals surface area contributed by atoms with E-state index in [1.807, 2.05) is 0 Å². The molecule has 0 saturated heterocycles. The van der Waals surface area contributed by atoms with Gasteiger partial charge in [-0.3, -0.25) is 4.57 Å². The monoisotopic (exact) mass is 991 g/mol. The van der Waals surface area contributed by atoms with Crippen LogP contribution < -0.4 is 0 Å². The van der Waals surface area contributed by atoms with Crippen LogP contribution in [0, 0.1) is 0 Å². The Balaban J connectivity index is 0.928. The Morgan fingerprint density at radius 3 is 1.00 bits per heavy atom. The first-order valence-corrected chi connectivity index (χ1v) is 26.8. The summed E-state index contributed by atoms with van der Waals surface area (Å²) in [6, 6.07) is 108. The third-order valence-corrected chi connectivity index (χ3v) is 15.7.